The highest BCUT2D eigenvalue weighted by molar-refractivity contribution is 8.32. The highest BCUT2D eigenvalue weighted by Gasteiger charge is 2.37. The highest BCUT2D eigenvalue weighted by atomic mass is 32.3. The van der Waals surface area contributed by atoms with Gasteiger partial charge in [0.15, 0.2) is 0 Å². The van der Waals surface area contributed by atoms with Gasteiger partial charge in [-0.1, -0.05) is 51.1 Å². The minimum absolute atomic E-state index is 0.0277. The standard InChI is InChI=1S/C49H74F2N6O11S2/c1-49(2,3)46(42-29-37(39-30-38(50)13-14-40(39)51)33-56(42)32-36-11-8-7-9-12-36)57(18-10-16-54-48(63)68-27-28-70(4,5)6)45(60)35-69-34-41(47(61)62)55-43(58)15-19-64-21-23-66-25-26-67-24-22-65-20-17-53-44(59)31-52/h7-9,11-14,29-30,33,41,46H,10,15-28,31-32,34-35,52H2,1-6H3,(H,53,59)(H,54,63)(H,55,58)(H,61,62)/t41-,46-/m0/s1. The van der Waals surface area contributed by atoms with Crippen LogP contribution in [0.4, 0.5) is 13.6 Å². The summed E-state index contributed by atoms with van der Waals surface area (Å²) in [5.41, 5.74) is 6.65. The van der Waals surface area contributed by atoms with Crippen LogP contribution in [0, 0.1) is 17.0 Å². The van der Waals surface area contributed by atoms with Crippen molar-refractivity contribution in [1.29, 1.82) is 0 Å². The van der Waals surface area contributed by atoms with E-state index in [0.717, 1.165) is 41.3 Å². The van der Waals surface area contributed by atoms with Gasteiger partial charge >= 0.3 is 12.1 Å². The van der Waals surface area contributed by atoms with Crippen molar-refractivity contribution in [2.24, 2.45) is 11.1 Å². The van der Waals surface area contributed by atoms with Gasteiger partial charge in [0, 0.05) is 67.1 Å². The number of amides is 4. The summed E-state index contributed by atoms with van der Waals surface area (Å²) >= 11 is 1.05. The average Bonchev–Trinajstić information content (AvgIpc) is 3.70. The number of nitrogens with one attached hydrogen (secondary N) is 3. The smallest absolute Gasteiger partial charge is 0.407 e. The van der Waals surface area contributed by atoms with Gasteiger partial charge in [0.2, 0.25) is 17.7 Å². The van der Waals surface area contributed by atoms with Gasteiger partial charge in [-0.3, -0.25) is 14.4 Å². The molecule has 0 spiro atoms. The van der Waals surface area contributed by atoms with Crippen LogP contribution in [0.2, 0.25) is 0 Å². The number of halogens is 2. The fourth-order valence-electron chi connectivity index (χ4n) is 6.93. The number of hydrogen-bond acceptors (Lipinski definition) is 12. The molecule has 2 atom stereocenters. The largest absolute Gasteiger partial charge is 0.480 e. The van der Waals surface area contributed by atoms with Crippen molar-refractivity contribution >= 4 is 51.6 Å². The number of carboxylic acids is 1. The number of benzene rings is 2. The van der Waals surface area contributed by atoms with Crippen LogP contribution in [-0.4, -0.2) is 172 Å². The number of carboxylic acid groups (broad SMARTS) is 1. The van der Waals surface area contributed by atoms with Crippen LogP contribution >= 0.6 is 21.8 Å². The van der Waals surface area contributed by atoms with E-state index < -0.39 is 57.1 Å². The second kappa shape index (κ2) is 31.5. The Bertz CT molecular complexity index is 2070. The van der Waals surface area contributed by atoms with Gasteiger partial charge in [-0.2, -0.15) is 0 Å². The van der Waals surface area contributed by atoms with E-state index >= 15 is 4.39 Å². The first kappa shape index (κ1) is 59.5. The fraction of sp³-hybridized carbons (Fsp3) is 0.571. The zero-order valence-electron chi connectivity index (χ0n) is 41.4. The Hall–Kier alpha value is -4.77. The van der Waals surface area contributed by atoms with Gasteiger partial charge in [0.25, 0.3) is 0 Å². The summed E-state index contributed by atoms with van der Waals surface area (Å²) < 4.78 is 58.9. The topological polar surface area (TPSA) is 222 Å². The van der Waals surface area contributed by atoms with Crippen LogP contribution in [0.15, 0.2) is 60.8 Å². The molecule has 392 valence electrons. The van der Waals surface area contributed by atoms with E-state index in [-0.39, 0.29) is 81.4 Å². The molecule has 17 nitrogen and oxygen atoms in total. The SMILES string of the molecule is CC(C)(C)[C@H](c1cc(-c2cc(F)ccc2F)cn1Cc1ccccc1)N(CCCNC(=O)OCCS(C)(C)C)C(=O)CSC[C@H](NC(=O)CCOCCOCCOCCOCCNC(=O)CN)C(=O)O. The number of ether oxygens (including phenoxy) is 5. The third-order valence-corrected chi connectivity index (χ3v) is 12.8. The zero-order valence-corrected chi connectivity index (χ0v) is 43.1. The van der Waals surface area contributed by atoms with Crippen molar-refractivity contribution in [3.05, 3.63) is 83.7 Å². The van der Waals surface area contributed by atoms with Crippen molar-refractivity contribution in [1.82, 2.24) is 25.4 Å². The number of rotatable bonds is 34. The Balaban J connectivity index is 1.65. The van der Waals surface area contributed by atoms with E-state index in [2.05, 4.69) is 34.7 Å². The van der Waals surface area contributed by atoms with E-state index in [1.54, 1.807) is 17.2 Å². The lowest BCUT2D eigenvalue weighted by Crippen LogP contribution is -2.45. The molecule has 0 aliphatic rings. The lowest BCUT2D eigenvalue weighted by Gasteiger charge is -2.41. The van der Waals surface area contributed by atoms with Gasteiger partial charge in [0.05, 0.1) is 71.2 Å². The molecule has 6 N–H and O–H groups in total. The molecule has 3 rings (SSSR count). The summed E-state index contributed by atoms with van der Waals surface area (Å²) in [5, 5.41) is 17.9. The van der Waals surface area contributed by atoms with Gasteiger partial charge in [-0.05, 0) is 60.4 Å². The van der Waals surface area contributed by atoms with Crippen molar-refractivity contribution in [2.45, 2.75) is 52.2 Å². The Morgan fingerprint density at radius 3 is 2.09 bits per heavy atom. The summed E-state index contributed by atoms with van der Waals surface area (Å²) in [6, 6.07) is 12.7. The van der Waals surface area contributed by atoms with Crippen LogP contribution in [0.1, 0.15) is 50.9 Å². The Kier molecular flexibility index (Phi) is 26.8. The maximum Gasteiger partial charge on any atom is 0.407 e. The predicted octanol–water partition coefficient (Wildman–Crippen LogP) is 5.04. The molecule has 0 fully saturated rings. The molecular weight excluding hydrogens is 951 g/mol. The number of thioether (sulfide) groups is 1. The van der Waals surface area contributed by atoms with Crippen molar-refractivity contribution in [3.63, 3.8) is 0 Å². The van der Waals surface area contributed by atoms with Gasteiger partial charge in [-0.25, -0.2) is 28.4 Å². The third kappa shape index (κ3) is 23.4. The molecule has 1 heterocycles. The first-order valence-corrected chi connectivity index (χ1v) is 27.4. The lowest BCUT2D eigenvalue weighted by molar-refractivity contribution is -0.141. The minimum atomic E-state index is -1.30. The molecule has 1 aromatic heterocycles. The summed E-state index contributed by atoms with van der Waals surface area (Å²) in [4.78, 5) is 65.0. The number of nitrogens with two attached hydrogens (primary N) is 1. The molecule has 3 aromatic rings. The molecule has 4 amide bonds. The van der Waals surface area contributed by atoms with Crippen LogP contribution in [0.5, 0.6) is 0 Å². The van der Waals surface area contributed by atoms with E-state index in [9.17, 15) is 33.5 Å². The molecule has 0 aliphatic carbocycles. The van der Waals surface area contributed by atoms with E-state index in [4.69, 9.17) is 29.4 Å². The molecule has 70 heavy (non-hydrogen) atoms. The molecule has 0 unspecified atom stereocenters. The van der Waals surface area contributed by atoms with E-state index in [1.165, 1.54) is 0 Å². The van der Waals surface area contributed by atoms with Gasteiger partial charge in [-0.15, -0.1) is 11.8 Å². The predicted molar refractivity (Wildman–Crippen MR) is 270 cm³/mol. The fourth-order valence-corrected chi connectivity index (χ4v) is 8.44. The number of carbonyl (C=O) groups is 5. The van der Waals surface area contributed by atoms with Crippen LogP contribution in [-0.2, 0) is 49.4 Å². The number of alkyl carbamates (subject to hydrolysis) is 1. The molecule has 0 aliphatic heterocycles. The van der Waals surface area contributed by atoms with Gasteiger partial charge < -0.3 is 59.9 Å². The summed E-state index contributed by atoms with van der Waals surface area (Å²) in [6.45, 7) is 9.41. The quantitative estimate of drug-likeness (QED) is 0.0496. The molecule has 0 radical (unpaired) electrons. The monoisotopic (exact) mass is 1020 g/mol. The van der Waals surface area contributed by atoms with Crippen molar-refractivity contribution < 1.29 is 61.5 Å². The normalized spacial score (nSPS) is 12.8. The van der Waals surface area contributed by atoms with Crippen LogP contribution in [0.25, 0.3) is 11.1 Å². The minimum Gasteiger partial charge on any atom is -0.480 e. The number of carbonyl (C=O) groups excluding carboxylic acids is 4. The molecule has 0 saturated heterocycles. The van der Waals surface area contributed by atoms with Crippen molar-refractivity contribution in [3.8, 4) is 11.1 Å². The molecule has 21 heteroatoms. The number of hydrogen-bond donors (Lipinski definition) is 5. The first-order valence-electron chi connectivity index (χ1n) is 23.2. The second-order valence-electron chi connectivity index (χ2n) is 18.2. The number of nitrogens with zero attached hydrogens (tertiary/aromatic N) is 2. The summed E-state index contributed by atoms with van der Waals surface area (Å²) in [6.07, 6.45) is 7.82. The summed E-state index contributed by atoms with van der Waals surface area (Å²) in [5.74, 6) is -3.11. The number of aromatic nitrogens is 1. The maximum atomic E-state index is 15.3. The molecule has 0 saturated carbocycles. The Morgan fingerprint density at radius 2 is 1.47 bits per heavy atom. The number of aliphatic carboxylic acids is 1. The van der Waals surface area contributed by atoms with Gasteiger partial charge in [0.1, 0.15) is 24.3 Å². The second-order valence-corrected chi connectivity index (χ2v) is 23.8. The maximum absolute atomic E-state index is 15.3. The van der Waals surface area contributed by atoms with Crippen molar-refractivity contribution in [2.75, 3.05) is 122 Å². The Morgan fingerprint density at radius 1 is 0.829 bits per heavy atom. The molecule has 0 bridgehead atoms. The Labute approximate surface area is 416 Å². The molecular formula is C49H74F2N6O11S2. The highest BCUT2D eigenvalue weighted by Crippen LogP contribution is 2.41. The van der Waals surface area contributed by atoms with E-state index in [0.29, 0.717) is 63.8 Å². The first-order chi connectivity index (χ1) is 33.3. The zero-order chi connectivity index (χ0) is 51.5. The average molecular weight is 1030 g/mol. The lowest BCUT2D eigenvalue weighted by atomic mass is 9.83. The summed E-state index contributed by atoms with van der Waals surface area (Å²) in [7, 11) is -0.866. The molecule has 2 aromatic carbocycles. The van der Waals surface area contributed by atoms with Crippen LogP contribution < -0.4 is 21.7 Å². The third-order valence-electron chi connectivity index (χ3n) is 10.4. The van der Waals surface area contributed by atoms with E-state index in [1.807, 2.05) is 55.7 Å². The van der Waals surface area contributed by atoms with Crippen LogP contribution in [0.3, 0.4) is 0 Å².